The second-order valence-electron chi connectivity index (χ2n) is 5.40. The van der Waals surface area contributed by atoms with Crippen LogP contribution in [0.5, 0.6) is 5.75 Å². The first kappa shape index (κ1) is 15.6. The highest BCUT2D eigenvalue weighted by atomic mass is 16.6. The molecule has 6 heteroatoms. The van der Waals surface area contributed by atoms with Gasteiger partial charge < -0.3 is 14.5 Å². The van der Waals surface area contributed by atoms with E-state index in [1.807, 2.05) is 0 Å². The summed E-state index contributed by atoms with van der Waals surface area (Å²) in [5, 5.41) is 11.0. The van der Waals surface area contributed by atoms with Crippen LogP contribution in [0.4, 0.5) is 11.4 Å². The molecule has 6 nitrogen and oxygen atoms in total. The summed E-state index contributed by atoms with van der Waals surface area (Å²) in [4.78, 5) is 15.1. The third kappa shape index (κ3) is 4.07. The third-order valence-electron chi connectivity index (χ3n) is 3.75. The minimum absolute atomic E-state index is 0.117. The minimum atomic E-state index is -0.352. The molecule has 1 saturated heterocycles. The maximum atomic E-state index is 11.0. The number of anilines is 1. The maximum Gasteiger partial charge on any atom is 0.271 e. The Morgan fingerprint density at radius 3 is 2.62 bits per heavy atom. The van der Waals surface area contributed by atoms with Crippen LogP contribution in [-0.4, -0.2) is 49.7 Å². The van der Waals surface area contributed by atoms with E-state index in [1.165, 1.54) is 6.07 Å². The van der Waals surface area contributed by atoms with Crippen molar-refractivity contribution in [1.82, 2.24) is 4.90 Å². The average Bonchev–Trinajstić information content (AvgIpc) is 2.48. The molecule has 0 spiro atoms. The highest BCUT2D eigenvalue weighted by Gasteiger charge is 2.20. The highest BCUT2D eigenvalue weighted by molar-refractivity contribution is 5.63. The van der Waals surface area contributed by atoms with E-state index < -0.39 is 0 Å². The van der Waals surface area contributed by atoms with Gasteiger partial charge in [0.15, 0.2) is 0 Å². The van der Waals surface area contributed by atoms with Gasteiger partial charge in [0.05, 0.1) is 17.2 Å². The number of nitro groups is 1. The van der Waals surface area contributed by atoms with Gasteiger partial charge in [-0.2, -0.15) is 0 Å². The highest BCUT2D eigenvalue weighted by Crippen LogP contribution is 2.33. The molecule has 1 aromatic rings. The fourth-order valence-corrected chi connectivity index (χ4v) is 2.36. The zero-order valence-electron chi connectivity index (χ0n) is 12.7. The van der Waals surface area contributed by atoms with E-state index >= 15 is 0 Å². The Labute approximate surface area is 125 Å². The van der Waals surface area contributed by atoms with Gasteiger partial charge in [-0.1, -0.05) is 13.3 Å². The number of ether oxygens (including phenoxy) is 1. The lowest BCUT2D eigenvalue weighted by Gasteiger charge is -2.34. The fraction of sp³-hybridized carbons (Fsp3) is 0.600. The van der Waals surface area contributed by atoms with Crippen LogP contribution < -0.4 is 9.64 Å². The van der Waals surface area contributed by atoms with Crippen molar-refractivity contribution in [3.8, 4) is 5.75 Å². The molecule has 1 fully saturated rings. The lowest BCUT2D eigenvalue weighted by atomic mass is 10.2. The number of nitrogens with zero attached hydrogens (tertiary/aromatic N) is 3. The summed E-state index contributed by atoms with van der Waals surface area (Å²) < 4.78 is 5.81. The quantitative estimate of drug-likeness (QED) is 0.458. The normalized spacial score (nSPS) is 16.0. The van der Waals surface area contributed by atoms with E-state index in [4.69, 9.17) is 4.74 Å². The summed E-state index contributed by atoms with van der Waals surface area (Å²) in [5.41, 5.74) is 0.958. The van der Waals surface area contributed by atoms with E-state index in [0.717, 1.165) is 50.5 Å². The largest absolute Gasteiger partial charge is 0.491 e. The molecule has 1 aliphatic heterocycles. The molecule has 0 aromatic heterocycles. The first-order valence-electron chi connectivity index (χ1n) is 7.46. The maximum absolute atomic E-state index is 11.0. The number of piperazine rings is 1. The Kier molecular flexibility index (Phi) is 5.38. The number of hydrogen-bond donors (Lipinski definition) is 0. The molecule has 0 saturated carbocycles. The van der Waals surface area contributed by atoms with Crippen LogP contribution in [0.1, 0.15) is 19.8 Å². The van der Waals surface area contributed by atoms with Gasteiger partial charge in [0.1, 0.15) is 5.75 Å². The van der Waals surface area contributed by atoms with Crippen LogP contribution in [0, 0.1) is 10.1 Å². The van der Waals surface area contributed by atoms with E-state index in [9.17, 15) is 10.1 Å². The van der Waals surface area contributed by atoms with Gasteiger partial charge in [0.25, 0.3) is 5.69 Å². The first-order valence-corrected chi connectivity index (χ1v) is 7.46. The van der Waals surface area contributed by atoms with Crippen LogP contribution >= 0.6 is 0 Å². The standard InChI is InChI=1S/C15H23N3O3/c1-3-4-11-21-15-6-5-13(18(19)20)12-14(15)17-9-7-16(2)8-10-17/h5-6,12H,3-4,7-11H2,1-2H3. The summed E-state index contributed by atoms with van der Waals surface area (Å²) in [7, 11) is 2.09. The molecule has 0 bridgehead atoms. The second kappa shape index (κ2) is 7.26. The minimum Gasteiger partial charge on any atom is -0.491 e. The van der Waals surface area contributed by atoms with E-state index in [-0.39, 0.29) is 10.6 Å². The van der Waals surface area contributed by atoms with Gasteiger partial charge in [0, 0.05) is 38.3 Å². The first-order chi connectivity index (χ1) is 10.1. The van der Waals surface area contributed by atoms with Crippen molar-refractivity contribution in [2.24, 2.45) is 0 Å². The number of rotatable bonds is 6. The Bertz CT molecular complexity index is 485. The van der Waals surface area contributed by atoms with Crippen LogP contribution in [0.25, 0.3) is 0 Å². The van der Waals surface area contributed by atoms with Crippen LogP contribution in [0.15, 0.2) is 18.2 Å². The SMILES string of the molecule is CCCCOc1ccc([N+](=O)[O-])cc1N1CCN(C)CC1. The lowest BCUT2D eigenvalue weighted by molar-refractivity contribution is -0.384. The lowest BCUT2D eigenvalue weighted by Crippen LogP contribution is -2.44. The Morgan fingerprint density at radius 2 is 2.00 bits per heavy atom. The molecule has 2 rings (SSSR count). The topological polar surface area (TPSA) is 58.9 Å². The Balaban J connectivity index is 2.20. The number of nitro benzene ring substituents is 1. The van der Waals surface area contributed by atoms with Gasteiger partial charge in [0.2, 0.25) is 0 Å². The molecule has 0 aliphatic carbocycles. The molecule has 0 atom stereocenters. The van der Waals surface area contributed by atoms with Crippen LogP contribution in [0.3, 0.4) is 0 Å². The molecule has 0 unspecified atom stereocenters. The predicted octanol–water partition coefficient (Wildman–Crippen LogP) is 2.53. The fourth-order valence-electron chi connectivity index (χ4n) is 2.36. The van der Waals surface area contributed by atoms with E-state index in [0.29, 0.717) is 6.61 Å². The smallest absolute Gasteiger partial charge is 0.271 e. The van der Waals surface area contributed by atoms with Crippen molar-refractivity contribution >= 4 is 11.4 Å². The van der Waals surface area contributed by atoms with Gasteiger partial charge in [-0.25, -0.2) is 0 Å². The molecule has 1 heterocycles. The van der Waals surface area contributed by atoms with E-state index in [1.54, 1.807) is 12.1 Å². The van der Waals surface area contributed by atoms with E-state index in [2.05, 4.69) is 23.8 Å². The molecule has 21 heavy (non-hydrogen) atoms. The summed E-state index contributed by atoms with van der Waals surface area (Å²) >= 11 is 0. The zero-order valence-corrected chi connectivity index (χ0v) is 12.7. The summed E-state index contributed by atoms with van der Waals surface area (Å²) in [6.45, 7) is 6.40. The molecule has 1 aromatic carbocycles. The van der Waals surface area contributed by atoms with Crippen LogP contribution in [0.2, 0.25) is 0 Å². The molecular weight excluding hydrogens is 270 g/mol. The van der Waals surface area contributed by atoms with Crippen molar-refractivity contribution in [3.63, 3.8) is 0 Å². The predicted molar refractivity (Wildman–Crippen MR) is 83.2 cm³/mol. The van der Waals surface area contributed by atoms with Gasteiger partial charge in [-0.3, -0.25) is 10.1 Å². The van der Waals surface area contributed by atoms with Crippen molar-refractivity contribution in [2.45, 2.75) is 19.8 Å². The van der Waals surface area contributed by atoms with Crippen LogP contribution in [-0.2, 0) is 0 Å². The van der Waals surface area contributed by atoms with Crippen molar-refractivity contribution in [2.75, 3.05) is 44.7 Å². The number of unbranched alkanes of at least 4 members (excludes halogenated alkanes) is 1. The molecule has 0 radical (unpaired) electrons. The van der Waals surface area contributed by atoms with Crippen molar-refractivity contribution < 1.29 is 9.66 Å². The monoisotopic (exact) mass is 293 g/mol. The second-order valence-corrected chi connectivity index (χ2v) is 5.40. The number of non-ortho nitro benzene ring substituents is 1. The Hall–Kier alpha value is -1.82. The van der Waals surface area contributed by atoms with Crippen molar-refractivity contribution in [3.05, 3.63) is 28.3 Å². The average molecular weight is 293 g/mol. The summed E-state index contributed by atoms with van der Waals surface area (Å²) in [6, 6.07) is 4.87. The summed E-state index contributed by atoms with van der Waals surface area (Å²) in [5.74, 6) is 0.749. The number of likely N-dealkylation sites (N-methyl/N-ethyl adjacent to an activating group) is 1. The van der Waals surface area contributed by atoms with Gasteiger partial charge >= 0.3 is 0 Å². The third-order valence-corrected chi connectivity index (χ3v) is 3.75. The molecule has 0 N–H and O–H groups in total. The number of hydrogen-bond acceptors (Lipinski definition) is 5. The summed E-state index contributed by atoms with van der Waals surface area (Å²) in [6.07, 6.45) is 2.05. The Morgan fingerprint density at radius 1 is 1.29 bits per heavy atom. The zero-order chi connectivity index (χ0) is 15.2. The molecule has 0 amide bonds. The molecule has 116 valence electrons. The van der Waals surface area contributed by atoms with Crippen molar-refractivity contribution in [1.29, 1.82) is 0 Å². The molecular formula is C15H23N3O3. The van der Waals surface area contributed by atoms with Gasteiger partial charge in [-0.15, -0.1) is 0 Å². The van der Waals surface area contributed by atoms with Gasteiger partial charge in [-0.05, 0) is 19.5 Å². The number of benzene rings is 1. The molecule has 1 aliphatic rings.